The molecular formula is C14H15NO3. The third-order valence-corrected chi connectivity index (χ3v) is 2.95. The van der Waals surface area contributed by atoms with E-state index in [1.165, 1.54) is 11.0 Å². The van der Waals surface area contributed by atoms with Crippen LogP contribution in [0.1, 0.15) is 11.3 Å². The molecule has 0 radical (unpaired) electrons. The molecule has 0 fully saturated rings. The lowest BCUT2D eigenvalue weighted by Crippen LogP contribution is -2.23. The van der Waals surface area contributed by atoms with Gasteiger partial charge in [-0.05, 0) is 31.2 Å². The summed E-state index contributed by atoms with van der Waals surface area (Å²) in [4.78, 5) is 12.9. The van der Waals surface area contributed by atoms with Gasteiger partial charge in [0.2, 0.25) is 5.91 Å². The van der Waals surface area contributed by atoms with Gasteiger partial charge in [-0.1, -0.05) is 6.58 Å². The van der Waals surface area contributed by atoms with E-state index >= 15 is 0 Å². The van der Waals surface area contributed by atoms with Crippen LogP contribution in [0.4, 0.5) is 0 Å². The first kappa shape index (κ1) is 12.2. The Kier molecular flexibility index (Phi) is 3.10. The van der Waals surface area contributed by atoms with Crippen molar-refractivity contribution in [1.29, 1.82) is 0 Å². The molecule has 1 N–H and O–H groups in total. The number of hydrogen-bond donors (Lipinski definition) is 1. The normalized spacial score (nSPS) is 10.6. The number of rotatable bonds is 3. The molecule has 1 aromatic heterocycles. The molecule has 0 spiro atoms. The van der Waals surface area contributed by atoms with Gasteiger partial charge < -0.3 is 14.4 Å². The highest BCUT2D eigenvalue weighted by Crippen LogP contribution is 2.28. The van der Waals surface area contributed by atoms with Crippen LogP contribution >= 0.6 is 0 Å². The zero-order chi connectivity index (χ0) is 13.3. The van der Waals surface area contributed by atoms with E-state index in [9.17, 15) is 9.90 Å². The van der Waals surface area contributed by atoms with Gasteiger partial charge in [0.05, 0.1) is 6.54 Å². The van der Waals surface area contributed by atoms with Crippen LogP contribution in [0.5, 0.6) is 5.75 Å². The zero-order valence-corrected chi connectivity index (χ0v) is 10.4. The molecule has 94 valence electrons. The number of benzene rings is 1. The molecule has 0 saturated heterocycles. The van der Waals surface area contributed by atoms with Crippen molar-refractivity contribution in [2.24, 2.45) is 0 Å². The molecule has 0 aliphatic heterocycles. The molecule has 2 rings (SSSR count). The third-order valence-electron chi connectivity index (χ3n) is 2.95. The Bertz CT molecular complexity index is 613. The van der Waals surface area contributed by atoms with Gasteiger partial charge in [-0.3, -0.25) is 4.79 Å². The number of nitrogens with zero attached hydrogens (tertiary/aromatic N) is 1. The van der Waals surface area contributed by atoms with E-state index in [0.717, 1.165) is 10.9 Å². The summed E-state index contributed by atoms with van der Waals surface area (Å²) in [6.45, 7) is 5.74. The van der Waals surface area contributed by atoms with Gasteiger partial charge in [0.15, 0.2) is 0 Å². The Morgan fingerprint density at radius 2 is 2.28 bits per heavy atom. The van der Waals surface area contributed by atoms with E-state index in [4.69, 9.17) is 4.42 Å². The van der Waals surface area contributed by atoms with E-state index in [-0.39, 0.29) is 11.7 Å². The average Bonchev–Trinajstić information content (AvgIpc) is 2.65. The maximum absolute atomic E-state index is 11.4. The molecule has 18 heavy (non-hydrogen) atoms. The predicted octanol–water partition coefficient (Wildman–Crippen LogP) is 2.59. The van der Waals surface area contributed by atoms with Gasteiger partial charge in [0.25, 0.3) is 0 Å². The minimum Gasteiger partial charge on any atom is -0.508 e. The monoisotopic (exact) mass is 245 g/mol. The topological polar surface area (TPSA) is 53.7 Å². The fraction of sp³-hybridized carbons (Fsp3) is 0.214. The number of fused-ring (bicyclic) bond motifs is 1. The van der Waals surface area contributed by atoms with Gasteiger partial charge in [-0.15, -0.1) is 0 Å². The first-order chi connectivity index (χ1) is 8.52. The van der Waals surface area contributed by atoms with Crippen molar-refractivity contribution in [3.05, 3.63) is 42.2 Å². The highest BCUT2D eigenvalue weighted by Gasteiger charge is 2.14. The lowest BCUT2D eigenvalue weighted by molar-refractivity contribution is -0.125. The summed E-state index contributed by atoms with van der Waals surface area (Å²) >= 11 is 0. The second-order valence-electron chi connectivity index (χ2n) is 4.23. The fourth-order valence-electron chi connectivity index (χ4n) is 1.86. The Balaban J connectivity index is 2.37. The maximum atomic E-state index is 11.4. The predicted molar refractivity (Wildman–Crippen MR) is 69.3 cm³/mol. The minimum absolute atomic E-state index is 0.155. The zero-order valence-electron chi connectivity index (χ0n) is 10.4. The Hall–Kier alpha value is -2.23. The quantitative estimate of drug-likeness (QED) is 0.845. The number of carbonyl (C=O) groups excluding carboxylic acids is 1. The van der Waals surface area contributed by atoms with Crippen LogP contribution < -0.4 is 0 Å². The first-order valence-electron chi connectivity index (χ1n) is 5.61. The molecule has 4 heteroatoms. The molecule has 0 bridgehead atoms. The third kappa shape index (κ3) is 2.09. The summed E-state index contributed by atoms with van der Waals surface area (Å²) in [5.74, 6) is 0.763. The van der Waals surface area contributed by atoms with Crippen LogP contribution in [0.15, 0.2) is 35.3 Å². The lowest BCUT2D eigenvalue weighted by Gasteiger charge is -2.13. The number of phenolic OH excluding ortho intramolecular Hbond substituents is 1. The van der Waals surface area contributed by atoms with Crippen molar-refractivity contribution in [2.45, 2.75) is 13.5 Å². The Morgan fingerprint density at radius 1 is 1.56 bits per heavy atom. The molecule has 1 heterocycles. The molecular weight excluding hydrogens is 230 g/mol. The molecule has 4 nitrogen and oxygen atoms in total. The number of likely N-dealkylation sites (N-methyl/N-ethyl adjacent to an activating group) is 1. The Morgan fingerprint density at radius 3 is 2.94 bits per heavy atom. The highest BCUT2D eigenvalue weighted by atomic mass is 16.3. The van der Waals surface area contributed by atoms with Crippen LogP contribution in [0, 0.1) is 6.92 Å². The van der Waals surface area contributed by atoms with Crippen LogP contribution in [-0.2, 0) is 11.3 Å². The summed E-state index contributed by atoms with van der Waals surface area (Å²) in [6, 6.07) is 4.96. The Labute approximate surface area is 105 Å². The second-order valence-corrected chi connectivity index (χ2v) is 4.23. The molecule has 2 aromatic rings. The van der Waals surface area contributed by atoms with E-state index < -0.39 is 0 Å². The first-order valence-corrected chi connectivity index (χ1v) is 5.61. The van der Waals surface area contributed by atoms with Crippen LogP contribution in [-0.4, -0.2) is 23.0 Å². The molecule has 0 aliphatic carbocycles. The molecule has 0 aliphatic rings. The summed E-state index contributed by atoms with van der Waals surface area (Å²) in [5.41, 5.74) is 1.64. The van der Waals surface area contributed by atoms with Crippen molar-refractivity contribution in [1.82, 2.24) is 4.90 Å². The number of aromatic hydroxyl groups is 1. The number of hydrogen-bond acceptors (Lipinski definition) is 3. The minimum atomic E-state index is -0.155. The van der Waals surface area contributed by atoms with Gasteiger partial charge in [-0.25, -0.2) is 0 Å². The van der Waals surface area contributed by atoms with E-state index in [1.807, 2.05) is 6.92 Å². The maximum Gasteiger partial charge on any atom is 0.246 e. The number of phenols is 1. The van der Waals surface area contributed by atoms with Crippen LogP contribution in [0.2, 0.25) is 0 Å². The van der Waals surface area contributed by atoms with Crippen molar-refractivity contribution in [2.75, 3.05) is 7.05 Å². The smallest absolute Gasteiger partial charge is 0.246 e. The highest BCUT2D eigenvalue weighted by molar-refractivity contribution is 5.87. The largest absolute Gasteiger partial charge is 0.508 e. The summed E-state index contributed by atoms with van der Waals surface area (Å²) in [5, 5.41) is 10.3. The number of carbonyl (C=O) groups is 1. The second kappa shape index (κ2) is 4.56. The molecule has 0 atom stereocenters. The van der Waals surface area contributed by atoms with Gasteiger partial charge >= 0.3 is 0 Å². The van der Waals surface area contributed by atoms with Crippen molar-refractivity contribution >= 4 is 16.9 Å². The number of amides is 1. The molecule has 0 saturated carbocycles. The van der Waals surface area contributed by atoms with Gasteiger partial charge in [-0.2, -0.15) is 0 Å². The molecule has 0 unspecified atom stereocenters. The van der Waals surface area contributed by atoms with Crippen molar-refractivity contribution < 1.29 is 14.3 Å². The number of aryl methyl sites for hydroxylation is 1. The fourth-order valence-corrected chi connectivity index (χ4v) is 1.86. The van der Waals surface area contributed by atoms with E-state index in [0.29, 0.717) is 17.9 Å². The van der Waals surface area contributed by atoms with E-state index in [1.54, 1.807) is 25.2 Å². The lowest BCUT2D eigenvalue weighted by atomic mass is 10.1. The number of furan rings is 1. The standard InChI is InChI=1S/C14H15NO3/c1-4-14(17)15(3)8-13-9(2)11-7-10(16)5-6-12(11)18-13/h4-7,16H,1,8H2,2-3H3. The molecule has 1 amide bonds. The van der Waals surface area contributed by atoms with Crippen molar-refractivity contribution in [3.63, 3.8) is 0 Å². The summed E-state index contributed by atoms with van der Waals surface area (Å²) < 4.78 is 5.68. The summed E-state index contributed by atoms with van der Waals surface area (Å²) in [6.07, 6.45) is 1.27. The van der Waals surface area contributed by atoms with Crippen molar-refractivity contribution in [3.8, 4) is 5.75 Å². The summed E-state index contributed by atoms with van der Waals surface area (Å²) in [7, 11) is 1.69. The van der Waals surface area contributed by atoms with Crippen LogP contribution in [0.3, 0.4) is 0 Å². The molecule has 1 aromatic carbocycles. The average molecular weight is 245 g/mol. The van der Waals surface area contributed by atoms with Crippen LogP contribution in [0.25, 0.3) is 11.0 Å². The van der Waals surface area contributed by atoms with Gasteiger partial charge in [0, 0.05) is 18.0 Å². The SMILES string of the molecule is C=CC(=O)N(C)Cc1oc2ccc(O)cc2c1C. The van der Waals surface area contributed by atoms with Gasteiger partial charge in [0.1, 0.15) is 17.1 Å². The van der Waals surface area contributed by atoms with E-state index in [2.05, 4.69) is 6.58 Å².